The van der Waals surface area contributed by atoms with Crippen molar-refractivity contribution in [2.75, 3.05) is 12.0 Å². The molecule has 1 aliphatic heterocycles. The molecule has 9 heteroatoms. The van der Waals surface area contributed by atoms with Crippen molar-refractivity contribution in [3.8, 4) is 11.5 Å². The molecule has 0 bridgehead atoms. The minimum Gasteiger partial charge on any atom is -0.495 e. The molecule has 0 unspecified atom stereocenters. The largest absolute Gasteiger partial charge is 0.495 e. The van der Waals surface area contributed by atoms with Gasteiger partial charge in [-0.15, -0.1) is 0 Å². The summed E-state index contributed by atoms with van der Waals surface area (Å²) in [5.41, 5.74) is 0.893. The second-order valence-corrected chi connectivity index (χ2v) is 7.91. The first kappa shape index (κ1) is 24.4. The Morgan fingerprint density at radius 1 is 0.917 bits per heavy atom. The molecule has 0 saturated carbocycles. The molecular formula is C27H19ClN2O6. The average molecular weight is 503 g/mol. The summed E-state index contributed by atoms with van der Waals surface area (Å²) in [6.07, 6.45) is 4.07. The fourth-order valence-corrected chi connectivity index (χ4v) is 3.55. The number of hydrogen-bond acceptors (Lipinski definition) is 6. The molecule has 1 N–H and O–H groups in total. The summed E-state index contributed by atoms with van der Waals surface area (Å²) in [6.45, 7) is 0. The van der Waals surface area contributed by atoms with Crippen LogP contribution in [0.25, 0.3) is 12.2 Å². The molecule has 0 aliphatic carbocycles. The fourth-order valence-electron chi connectivity index (χ4n) is 3.42. The quantitative estimate of drug-likeness (QED) is 0.228. The number of esters is 1. The van der Waals surface area contributed by atoms with E-state index in [1.165, 1.54) is 31.4 Å². The van der Waals surface area contributed by atoms with Gasteiger partial charge in [-0.25, -0.2) is 14.5 Å². The zero-order valence-electron chi connectivity index (χ0n) is 18.9. The number of hydrogen-bond donors (Lipinski definition) is 1. The summed E-state index contributed by atoms with van der Waals surface area (Å²) in [5, 5.41) is 2.73. The maximum atomic E-state index is 13.2. The maximum absolute atomic E-state index is 13.2. The minimum absolute atomic E-state index is 0.122. The Bertz CT molecular complexity index is 1410. The van der Waals surface area contributed by atoms with Gasteiger partial charge in [-0.2, -0.15) is 0 Å². The summed E-state index contributed by atoms with van der Waals surface area (Å²) < 4.78 is 10.7. The van der Waals surface area contributed by atoms with E-state index in [-0.39, 0.29) is 22.8 Å². The number of benzene rings is 3. The van der Waals surface area contributed by atoms with Gasteiger partial charge in [0.2, 0.25) is 0 Å². The van der Waals surface area contributed by atoms with E-state index >= 15 is 0 Å². The van der Waals surface area contributed by atoms with Crippen molar-refractivity contribution >= 4 is 53.3 Å². The van der Waals surface area contributed by atoms with Gasteiger partial charge in [0.1, 0.15) is 17.1 Å². The van der Waals surface area contributed by atoms with Gasteiger partial charge in [-0.3, -0.25) is 14.9 Å². The van der Waals surface area contributed by atoms with Gasteiger partial charge >= 0.3 is 12.0 Å². The van der Waals surface area contributed by atoms with Gasteiger partial charge in [-0.1, -0.05) is 54.1 Å². The standard InChI is InChI=1S/C27H19ClN2O6/c1-35-23-9-5-3-7-21(23)30-26(33)20(25(32)29-27(30)34)16-18-6-2-4-8-22(18)36-24(31)15-12-17-10-13-19(28)14-11-17/h2-16H,1H3,(H,29,32,34)/b15-12+,20-16-. The molecule has 1 heterocycles. The summed E-state index contributed by atoms with van der Waals surface area (Å²) >= 11 is 5.87. The molecule has 3 aromatic carbocycles. The van der Waals surface area contributed by atoms with Gasteiger partial charge in [0.15, 0.2) is 0 Å². The second kappa shape index (κ2) is 10.7. The summed E-state index contributed by atoms with van der Waals surface area (Å²) in [7, 11) is 1.40. The molecular weight excluding hydrogens is 484 g/mol. The SMILES string of the molecule is COc1ccccc1N1C(=O)NC(=O)/C(=C/c2ccccc2OC(=O)/C=C/c2ccc(Cl)cc2)C1=O. The van der Waals surface area contributed by atoms with Crippen molar-refractivity contribution in [3.05, 3.63) is 101 Å². The number of rotatable bonds is 6. The Morgan fingerprint density at radius 3 is 2.31 bits per heavy atom. The van der Waals surface area contributed by atoms with E-state index in [1.54, 1.807) is 66.7 Å². The van der Waals surface area contributed by atoms with Crippen molar-refractivity contribution in [3.63, 3.8) is 0 Å². The number of nitrogens with one attached hydrogen (secondary N) is 1. The van der Waals surface area contributed by atoms with Crippen LogP contribution in [0.5, 0.6) is 11.5 Å². The van der Waals surface area contributed by atoms with E-state index in [0.29, 0.717) is 10.6 Å². The predicted molar refractivity (Wildman–Crippen MR) is 135 cm³/mol. The third-order valence-electron chi connectivity index (χ3n) is 5.14. The molecule has 1 saturated heterocycles. The number of carbonyl (C=O) groups is 4. The highest BCUT2D eigenvalue weighted by molar-refractivity contribution is 6.39. The molecule has 0 atom stereocenters. The van der Waals surface area contributed by atoms with E-state index in [4.69, 9.17) is 21.1 Å². The van der Waals surface area contributed by atoms with Crippen LogP contribution in [0.15, 0.2) is 84.4 Å². The number of amides is 4. The van der Waals surface area contributed by atoms with E-state index in [9.17, 15) is 19.2 Å². The highest BCUT2D eigenvalue weighted by Gasteiger charge is 2.38. The van der Waals surface area contributed by atoms with Gasteiger partial charge in [0.05, 0.1) is 12.8 Å². The van der Waals surface area contributed by atoms with Crippen LogP contribution in [0.1, 0.15) is 11.1 Å². The highest BCUT2D eigenvalue weighted by atomic mass is 35.5. The monoisotopic (exact) mass is 502 g/mol. The minimum atomic E-state index is -0.904. The lowest BCUT2D eigenvalue weighted by molar-refractivity contribution is -0.129. The molecule has 4 rings (SSSR count). The van der Waals surface area contributed by atoms with Gasteiger partial charge in [-0.05, 0) is 48.0 Å². The zero-order chi connectivity index (χ0) is 25.7. The summed E-state index contributed by atoms with van der Waals surface area (Å²) in [5.74, 6) is -1.99. The number of para-hydroxylation sites is 3. The number of barbiturate groups is 1. The molecule has 0 aromatic heterocycles. The van der Waals surface area contributed by atoms with Gasteiger partial charge in [0, 0.05) is 16.7 Å². The Balaban J connectivity index is 1.61. The van der Waals surface area contributed by atoms with Crippen molar-refractivity contribution in [1.29, 1.82) is 0 Å². The topological polar surface area (TPSA) is 102 Å². The smallest absolute Gasteiger partial charge is 0.336 e. The maximum Gasteiger partial charge on any atom is 0.336 e. The van der Waals surface area contributed by atoms with Crippen LogP contribution in [0, 0.1) is 0 Å². The third kappa shape index (κ3) is 5.34. The number of nitrogens with zero attached hydrogens (tertiary/aromatic N) is 1. The number of halogens is 1. The first-order chi connectivity index (χ1) is 17.4. The molecule has 4 amide bonds. The Hall–Kier alpha value is -4.69. The number of carbonyl (C=O) groups excluding carboxylic acids is 4. The molecule has 8 nitrogen and oxygen atoms in total. The molecule has 3 aromatic rings. The van der Waals surface area contributed by atoms with Crippen molar-refractivity contribution in [2.24, 2.45) is 0 Å². The van der Waals surface area contributed by atoms with Crippen LogP contribution in [0.4, 0.5) is 10.5 Å². The Morgan fingerprint density at radius 2 is 1.58 bits per heavy atom. The number of urea groups is 1. The van der Waals surface area contributed by atoms with Crippen molar-refractivity contribution < 1.29 is 28.7 Å². The van der Waals surface area contributed by atoms with Gasteiger partial charge in [0.25, 0.3) is 11.8 Å². The summed E-state index contributed by atoms with van der Waals surface area (Å²) in [4.78, 5) is 51.5. The van der Waals surface area contributed by atoms with E-state index in [0.717, 1.165) is 10.5 Å². The van der Waals surface area contributed by atoms with Crippen LogP contribution < -0.4 is 19.7 Å². The van der Waals surface area contributed by atoms with E-state index < -0.39 is 23.8 Å². The fraction of sp³-hybridized carbons (Fsp3) is 0.0370. The molecule has 36 heavy (non-hydrogen) atoms. The predicted octanol–water partition coefficient (Wildman–Crippen LogP) is 4.63. The number of ether oxygens (including phenoxy) is 2. The number of anilines is 1. The first-order valence-electron chi connectivity index (χ1n) is 10.7. The highest BCUT2D eigenvalue weighted by Crippen LogP contribution is 2.31. The Kier molecular flexibility index (Phi) is 7.27. The van der Waals surface area contributed by atoms with Crippen molar-refractivity contribution in [1.82, 2.24) is 5.32 Å². The first-order valence-corrected chi connectivity index (χ1v) is 11.0. The van der Waals surface area contributed by atoms with Crippen LogP contribution in [-0.2, 0) is 14.4 Å². The molecule has 0 spiro atoms. The van der Waals surface area contributed by atoms with Crippen LogP contribution in [0.2, 0.25) is 5.02 Å². The summed E-state index contributed by atoms with van der Waals surface area (Å²) in [6, 6.07) is 18.8. The number of methoxy groups -OCH3 is 1. The second-order valence-electron chi connectivity index (χ2n) is 7.47. The van der Waals surface area contributed by atoms with Crippen LogP contribution in [-0.4, -0.2) is 30.9 Å². The average Bonchev–Trinajstić information content (AvgIpc) is 2.87. The van der Waals surface area contributed by atoms with Crippen LogP contribution >= 0.6 is 11.6 Å². The number of imide groups is 2. The van der Waals surface area contributed by atoms with Crippen molar-refractivity contribution in [2.45, 2.75) is 0 Å². The molecule has 1 fully saturated rings. The van der Waals surface area contributed by atoms with E-state index in [2.05, 4.69) is 5.32 Å². The van der Waals surface area contributed by atoms with Crippen LogP contribution in [0.3, 0.4) is 0 Å². The lowest BCUT2D eigenvalue weighted by Crippen LogP contribution is -2.54. The third-order valence-corrected chi connectivity index (χ3v) is 5.39. The van der Waals surface area contributed by atoms with E-state index in [1.807, 2.05) is 0 Å². The molecule has 0 radical (unpaired) electrons. The normalized spacial score (nSPS) is 14.8. The lowest BCUT2D eigenvalue weighted by atomic mass is 10.1. The zero-order valence-corrected chi connectivity index (χ0v) is 19.7. The lowest BCUT2D eigenvalue weighted by Gasteiger charge is -2.27. The Labute approximate surface area is 211 Å². The molecule has 1 aliphatic rings. The molecule has 180 valence electrons. The van der Waals surface area contributed by atoms with Gasteiger partial charge < -0.3 is 9.47 Å².